The van der Waals surface area contributed by atoms with Crippen LogP contribution in [0.25, 0.3) is 5.65 Å². The number of H-pyrrole nitrogens is 1. The molecule has 0 saturated heterocycles. The lowest BCUT2D eigenvalue weighted by molar-refractivity contribution is -0.127. The molecule has 0 aliphatic heterocycles. The molecule has 0 saturated carbocycles. The lowest BCUT2D eigenvalue weighted by Gasteiger charge is -2.08. The Labute approximate surface area is 96.9 Å². The van der Waals surface area contributed by atoms with Crippen LogP contribution in [-0.2, 0) is 6.42 Å². The highest BCUT2D eigenvalue weighted by atomic mass is 19.4. The lowest BCUT2D eigenvalue weighted by Crippen LogP contribution is -2.22. The molecule has 2 aromatic heterocycles. The van der Waals surface area contributed by atoms with Crippen LogP contribution >= 0.6 is 0 Å². The summed E-state index contributed by atoms with van der Waals surface area (Å²) >= 11 is 0. The quantitative estimate of drug-likeness (QED) is 0.787. The largest absolute Gasteiger partial charge is 0.493 e. The van der Waals surface area contributed by atoms with Crippen molar-refractivity contribution in [1.82, 2.24) is 14.6 Å². The molecule has 2 N–H and O–H groups in total. The molecule has 0 unspecified atom stereocenters. The summed E-state index contributed by atoms with van der Waals surface area (Å²) in [6.45, 7) is 0. The first-order valence-electron chi connectivity index (χ1n) is 4.62. The average Bonchev–Trinajstić information content (AvgIpc) is 2.65. The van der Waals surface area contributed by atoms with Gasteiger partial charge in [-0.05, 0) is 0 Å². The molecule has 0 aromatic carbocycles. The molecule has 0 spiro atoms. The molecule has 0 aliphatic carbocycles. The first-order chi connectivity index (χ1) is 8.33. The third kappa shape index (κ3) is 1.88. The molecule has 0 amide bonds. The second kappa shape index (κ2) is 3.76. The van der Waals surface area contributed by atoms with Crippen LogP contribution in [0.2, 0.25) is 0 Å². The van der Waals surface area contributed by atoms with Gasteiger partial charge in [0.15, 0.2) is 5.65 Å². The number of hydrogen-bond acceptors (Lipinski definition) is 4. The smallest absolute Gasteiger partial charge is 0.393 e. The van der Waals surface area contributed by atoms with Gasteiger partial charge in [-0.2, -0.15) is 28.0 Å². The number of aromatic nitrogens is 3. The van der Waals surface area contributed by atoms with Crippen molar-refractivity contribution in [2.24, 2.45) is 0 Å². The molecule has 94 valence electrons. The highest BCUT2D eigenvalue weighted by molar-refractivity contribution is 5.55. The minimum atomic E-state index is -4.64. The van der Waals surface area contributed by atoms with E-state index in [2.05, 4.69) is 10.1 Å². The topological polar surface area (TPSA) is 94.2 Å². The van der Waals surface area contributed by atoms with Gasteiger partial charge < -0.3 is 10.1 Å². The molecular formula is C9H5F3N4O2. The van der Waals surface area contributed by atoms with Gasteiger partial charge in [0.25, 0.3) is 5.56 Å². The Hall–Kier alpha value is -2.50. The zero-order valence-electron chi connectivity index (χ0n) is 8.62. The Morgan fingerprint density at radius 2 is 2.22 bits per heavy atom. The van der Waals surface area contributed by atoms with Gasteiger partial charge >= 0.3 is 6.18 Å². The molecule has 18 heavy (non-hydrogen) atoms. The fourth-order valence-electron chi connectivity index (χ4n) is 1.48. The van der Waals surface area contributed by atoms with Gasteiger partial charge in [0.1, 0.15) is 11.6 Å². The second-order valence-electron chi connectivity index (χ2n) is 3.48. The van der Waals surface area contributed by atoms with Crippen molar-refractivity contribution < 1.29 is 18.3 Å². The van der Waals surface area contributed by atoms with Crippen LogP contribution in [0, 0.1) is 11.3 Å². The van der Waals surface area contributed by atoms with Crippen LogP contribution in [0.15, 0.2) is 11.0 Å². The first-order valence-corrected chi connectivity index (χ1v) is 4.62. The monoisotopic (exact) mass is 258 g/mol. The van der Waals surface area contributed by atoms with Gasteiger partial charge in [-0.15, -0.1) is 0 Å². The minimum Gasteiger partial charge on any atom is -0.493 e. The number of alkyl halides is 3. The maximum atomic E-state index is 12.2. The molecule has 0 radical (unpaired) electrons. The van der Waals surface area contributed by atoms with E-state index in [9.17, 15) is 23.1 Å². The zero-order chi connectivity index (χ0) is 13.5. The number of fused-ring (bicyclic) bond motifs is 1. The van der Waals surface area contributed by atoms with Crippen molar-refractivity contribution in [1.29, 1.82) is 5.26 Å². The van der Waals surface area contributed by atoms with Crippen LogP contribution in [-0.4, -0.2) is 25.9 Å². The van der Waals surface area contributed by atoms with Crippen molar-refractivity contribution >= 4 is 5.65 Å². The van der Waals surface area contributed by atoms with E-state index in [1.165, 1.54) is 0 Å². The molecule has 9 heteroatoms. The third-order valence-corrected chi connectivity index (χ3v) is 2.24. The SMILES string of the molecule is N#Cc1cnn2c(O)c(CC(F)(F)F)c(=O)[nH]c12. The summed E-state index contributed by atoms with van der Waals surface area (Å²) in [5, 5.41) is 21.8. The van der Waals surface area contributed by atoms with E-state index >= 15 is 0 Å². The van der Waals surface area contributed by atoms with E-state index in [1.54, 1.807) is 6.07 Å². The maximum absolute atomic E-state index is 12.2. The highest BCUT2D eigenvalue weighted by Gasteiger charge is 2.32. The predicted octanol–water partition coefficient (Wildman–Crippen LogP) is 0.705. The lowest BCUT2D eigenvalue weighted by atomic mass is 10.2. The van der Waals surface area contributed by atoms with Gasteiger partial charge in [0, 0.05) is 0 Å². The van der Waals surface area contributed by atoms with Gasteiger partial charge in [-0.1, -0.05) is 0 Å². The maximum Gasteiger partial charge on any atom is 0.393 e. The minimum absolute atomic E-state index is 0.0547. The Morgan fingerprint density at radius 1 is 1.56 bits per heavy atom. The molecule has 0 bridgehead atoms. The van der Waals surface area contributed by atoms with E-state index in [1.807, 2.05) is 0 Å². The molecule has 2 rings (SSSR count). The number of aromatic amines is 1. The molecule has 2 heterocycles. The van der Waals surface area contributed by atoms with Crippen LogP contribution in [0.1, 0.15) is 11.1 Å². The second-order valence-corrected chi connectivity index (χ2v) is 3.48. The molecular weight excluding hydrogens is 253 g/mol. The first kappa shape index (κ1) is 12.0. The third-order valence-electron chi connectivity index (χ3n) is 2.24. The molecule has 6 nitrogen and oxygen atoms in total. The number of halogens is 3. The number of aromatic hydroxyl groups is 1. The predicted molar refractivity (Wildman–Crippen MR) is 52.0 cm³/mol. The molecule has 0 aliphatic rings. The summed E-state index contributed by atoms with van der Waals surface area (Å²) in [5.74, 6) is -0.924. The Kier molecular flexibility index (Phi) is 2.50. The molecule has 0 atom stereocenters. The number of hydrogen-bond donors (Lipinski definition) is 2. The van der Waals surface area contributed by atoms with Gasteiger partial charge in [-0.25, -0.2) is 0 Å². The van der Waals surface area contributed by atoms with Crippen molar-refractivity contribution in [3.63, 3.8) is 0 Å². The van der Waals surface area contributed by atoms with E-state index in [0.29, 0.717) is 4.52 Å². The van der Waals surface area contributed by atoms with Gasteiger partial charge in [0.2, 0.25) is 5.88 Å². The summed E-state index contributed by atoms with van der Waals surface area (Å²) < 4.78 is 37.4. The van der Waals surface area contributed by atoms with Crippen molar-refractivity contribution in [3.8, 4) is 11.9 Å². The standard InChI is InChI=1S/C9H5F3N4O2/c10-9(11,12)1-5-7(17)15-6-4(2-13)3-14-16(6)8(5)18/h3,18H,1H2,(H,15,17). The Morgan fingerprint density at radius 3 is 2.78 bits per heavy atom. The van der Waals surface area contributed by atoms with Crippen LogP contribution in [0.5, 0.6) is 5.88 Å². The van der Waals surface area contributed by atoms with Gasteiger partial charge in [-0.3, -0.25) is 4.79 Å². The zero-order valence-corrected chi connectivity index (χ0v) is 8.62. The van der Waals surface area contributed by atoms with E-state index < -0.39 is 29.6 Å². The fraction of sp³-hybridized carbons (Fsp3) is 0.222. The van der Waals surface area contributed by atoms with E-state index in [-0.39, 0.29) is 11.2 Å². The summed E-state index contributed by atoms with van der Waals surface area (Å²) in [6.07, 6.45) is -5.18. The summed E-state index contributed by atoms with van der Waals surface area (Å²) in [4.78, 5) is 13.5. The van der Waals surface area contributed by atoms with E-state index in [0.717, 1.165) is 6.20 Å². The van der Waals surface area contributed by atoms with Crippen LogP contribution < -0.4 is 5.56 Å². The Bertz CT molecular complexity index is 707. The van der Waals surface area contributed by atoms with Crippen molar-refractivity contribution in [2.45, 2.75) is 12.6 Å². The summed E-state index contributed by atoms with van der Waals surface area (Å²) in [5.41, 5.74) is -2.15. The number of nitrogens with zero attached hydrogens (tertiary/aromatic N) is 3. The summed E-state index contributed by atoms with van der Waals surface area (Å²) in [6, 6.07) is 1.69. The van der Waals surface area contributed by atoms with E-state index in [4.69, 9.17) is 5.26 Å². The summed E-state index contributed by atoms with van der Waals surface area (Å²) in [7, 11) is 0. The number of nitrogens with one attached hydrogen (secondary N) is 1. The highest BCUT2D eigenvalue weighted by Crippen LogP contribution is 2.24. The fourth-order valence-corrected chi connectivity index (χ4v) is 1.48. The normalized spacial score (nSPS) is 11.7. The average molecular weight is 258 g/mol. The number of rotatable bonds is 1. The molecule has 0 fully saturated rings. The van der Waals surface area contributed by atoms with Gasteiger partial charge in [0.05, 0.1) is 18.2 Å². The van der Waals surface area contributed by atoms with Crippen LogP contribution in [0.3, 0.4) is 0 Å². The van der Waals surface area contributed by atoms with Crippen molar-refractivity contribution in [2.75, 3.05) is 0 Å². The Balaban J connectivity index is 2.72. The van der Waals surface area contributed by atoms with Crippen LogP contribution in [0.4, 0.5) is 13.2 Å². The number of nitriles is 1. The molecule has 2 aromatic rings. The van der Waals surface area contributed by atoms with Crippen molar-refractivity contribution in [3.05, 3.63) is 27.7 Å².